The number of aromatic amines is 1. The normalized spacial score (nSPS) is 22.4. The Hall–Kier alpha value is -8.55. The molecule has 19 heteroatoms. The van der Waals surface area contributed by atoms with Gasteiger partial charge in [0.1, 0.15) is 54.2 Å². The van der Waals surface area contributed by atoms with Crippen molar-refractivity contribution in [3.63, 3.8) is 0 Å². The number of para-hydroxylation sites is 1. The van der Waals surface area contributed by atoms with Gasteiger partial charge in [-0.05, 0) is 78.7 Å². The molecule has 19 nitrogen and oxygen atoms in total. The first-order chi connectivity index (χ1) is 37.8. The van der Waals surface area contributed by atoms with Crippen LogP contribution in [0.5, 0.6) is 5.75 Å². The van der Waals surface area contributed by atoms with Gasteiger partial charge in [0.15, 0.2) is 0 Å². The van der Waals surface area contributed by atoms with Crippen LogP contribution in [0.2, 0.25) is 0 Å². The summed E-state index contributed by atoms with van der Waals surface area (Å²) in [6.07, 6.45) is 0.578. The molecule has 7 atom stereocenters. The Kier molecular flexibility index (Phi) is 18.9. The highest BCUT2D eigenvalue weighted by Gasteiger charge is 2.46. The van der Waals surface area contributed by atoms with Gasteiger partial charge in [0.2, 0.25) is 35.4 Å². The van der Waals surface area contributed by atoms with Crippen LogP contribution in [0.15, 0.2) is 146 Å². The van der Waals surface area contributed by atoms with Crippen molar-refractivity contribution in [2.75, 3.05) is 26.2 Å². The Bertz CT molecular complexity index is 3020. The van der Waals surface area contributed by atoms with Crippen LogP contribution in [0.3, 0.4) is 0 Å². The maximum atomic E-state index is 15.3. The van der Waals surface area contributed by atoms with Gasteiger partial charge >= 0.3 is 6.09 Å². The Balaban J connectivity index is 1.21. The molecule has 1 aromatic heterocycles. The number of hydrogen-bond donors (Lipinski definition) is 9. The molecule has 0 unspecified atom stereocenters. The molecule has 0 spiro atoms. The summed E-state index contributed by atoms with van der Waals surface area (Å²) < 4.78 is 11.8. The van der Waals surface area contributed by atoms with Crippen molar-refractivity contribution < 1.29 is 43.0 Å². The molecule has 0 bridgehead atoms. The number of nitrogens with one attached hydrogen (secondary N) is 7. The molecule has 408 valence electrons. The topological polar surface area (TPSA) is 281 Å². The van der Waals surface area contributed by atoms with Crippen molar-refractivity contribution >= 4 is 52.4 Å². The van der Waals surface area contributed by atoms with Gasteiger partial charge in [-0.15, -0.1) is 0 Å². The van der Waals surface area contributed by atoms with Gasteiger partial charge in [-0.2, -0.15) is 0 Å². The van der Waals surface area contributed by atoms with E-state index in [1.807, 2.05) is 60.7 Å². The van der Waals surface area contributed by atoms with E-state index in [1.54, 1.807) is 92.0 Å². The molecular weight excluding hydrogens is 993 g/mol. The predicted octanol–water partition coefficient (Wildman–Crippen LogP) is 3.76. The number of nitrogens with zero attached hydrogens (tertiary/aromatic N) is 1. The third kappa shape index (κ3) is 14.5. The van der Waals surface area contributed by atoms with Gasteiger partial charge in [0, 0.05) is 55.9 Å². The highest BCUT2D eigenvalue weighted by molar-refractivity contribution is 6.00. The number of fused-ring (bicyclic) bond motifs is 2. The Morgan fingerprint density at radius 1 is 0.667 bits per heavy atom. The fourth-order valence-corrected chi connectivity index (χ4v) is 9.89. The molecule has 11 N–H and O–H groups in total. The Labute approximate surface area is 452 Å². The van der Waals surface area contributed by atoms with E-state index in [2.05, 4.69) is 36.9 Å². The number of rotatable bonds is 17. The molecule has 0 radical (unpaired) electrons. The highest BCUT2D eigenvalue weighted by atomic mass is 16.6. The van der Waals surface area contributed by atoms with Crippen molar-refractivity contribution in [3.8, 4) is 5.75 Å². The first-order valence-corrected chi connectivity index (χ1v) is 26.4. The number of benzene rings is 5. The van der Waals surface area contributed by atoms with Crippen LogP contribution in [-0.2, 0) is 59.4 Å². The van der Waals surface area contributed by atoms with Gasteiger partial charge < -0.3 is 62.7 Å². The largest absolute Gasteiger partial charge is 0.489 e. The van der Waals surface area contributed by atoms with Gasteiger partial charge in [0.25, 0.3) is 0 Å². The third-order valence-electron chi connectivity index (χ3n) is 14.0. The molecular formula is C59H68N10O9. The lowest BCUT2D eigenvalue weighted by atomic mass is 9.89. The number of carbonyl (C=O) groups excluding carboxylic acids is 7. The number of hydrogen-bond acceptors (Lipinski definition) is 11. The van der Waals surface area contributed by atoms with Crippen LogP contribution < -0.4 is 48.1 Å². The van der Waals surface area contributed by atoms with E-state index in [0.29, 0.717) is 54.0 Å². The summed E-state index contributed by atoms with van der Waals surface area (Å²) in [5.41, 5.74) is 13.9. The second-order valence-corrected chi connectivity index (χ2v) is 19.9. The molecule has 2 saturated heterocycles. The van der Waals surface area contributed by atoms with Crippen molar-refractivity contribution in [1.29, 1.82) is 0 Å². The predicted molar refractivity (Wildman–Crippen MR) is 293 cm³/mol. The summed E-state index contributed by atoms with van der Waals surface area (Å²) in [6.45, 7) is 2.15. The van der Waals surface area contributed by atoms with E-state index < -0.39 is 83.4 Å². The molecule has 2 aliphatic rings. The van der Waals surface area contributed by atoms with Crippen LogP contribution >= 0.6 is 0 Å². The average molecular weight is 1060 g/mol. The summed E-state index contributed by atoms with van der Waals surface area (Å²) in [6, 6.07) is 34.9. The standard InChI is InChI=1S/C59H68N10O9/c1-59(34-42-35-63-46-22-12-11-21-45(42)46)57(75)66-47(23-13-14-28-60)52(70)64-48(31-39-24-26-43(27-25-39)77-37-40-17-7-3-8-18-40)53(71)65-49(32-38-15-5-2-6-16-38)56(74)69-36-44(78-58(76)62-30-29-61)33-50(69)54(72)67-51(55(73)68-59)41-19-9-4-10-20-41/h2-12,15-22,24-27,35,44,47-51,63H,13-14,23,28-34,36-37,60-61H2,1H3,(H,62,76)(H,64,70)(H,65,71)(H,66,75)(H,67,72)(H,68,73)/t44-,47+,48+,49+,50+,51+,59+/m1/s1. The maximum Gasteiger partial charge on any atom is 0.407 e. The lowest BCUT2D eigenvalue weighted by Crippen LogP contribution is -2.64. The van der Waals surface area contributed by atoms with E-state index in [9.17, 15) is 9.59 Å². The number of H-pyrrole nitrogens is 1. The van der Waals surface area contributed by atoms with Crippen LogP contribution in [0.4, 0.5) is 4.79 Å². The Morgan fingerprint density at radius 3 is 2.00 bits per heavy atom. The second kappa shape index (κ2) is 26.5. The summed E-state index contributed by atoms with van der Waals surface area (Å²) in [5.74, 6) is -3.81. The zero-order valence-electron chi connectivity index (χ0n) is 43.6. The Morgan fingerprint density at radius 2 is 1.29 bits per heavy atom. The number of aromatic nitrogens is 1. The minimum Gasteiger partial charge on any atom is -0.489 e. The molecule has 5 aromatic carbocycles. The molecule has 0 saturated carbocycles. The number of nitrogens with two attached hydrogens (primary N) is 2. The quantitative estimate of drug-likeness (QED) is 0.0594. The molecule has 78 heavy (non-hydrogen) atoms. The lowest BCUT2D eigenvalue weighted by molar-refractivity contribution is -0.143. The van der Waals surface area contributed by atoms with E-state index in [0.717, 1.165) is 16.5 Å². The number of ether oxygens (including phenoxy) is 2. The van der Waals surface area contributed by atoms with Crippen LogP contribution in [0.1, 0.15) is 66.5 Å². The SMILES string of the molecule is C[C@@]1(Cc2c[nH]c3ccccc23)NC(=O)[C@H](c2ccccc2)NC(=O)[C@@H]2C[C@@H](OC(=O)NCCN)CN2C(=O)[C@H](Cc2ccccc2)NC(=O)[C@H](Cc2ccc(OCc3ccccc3)cc2)NC(=O)[C@H](CCCCN)NC1=O. The summed E-state index contributed by atoms with van der Waals surface area (Å²) in [7, 11) is 0. The number of amides is 7. The van der Waals surface area contributed by atoms with Gasteiger partial charge in [-0.1, -0.05) is 121 Å². The summed E-state index contributed by atoms with van der Waals surface area (Å²) in [5, 5.41) is 18.0. The van der Waals surface area contributed by atoms with Crippen LogP contribution in [-0.4, -0.2) is 113 Å². The van der Waals surface area contributed by atoms with E-state index in [-0.39, 0.29) is 51.7 Å². The van der Waals surface area contributed by atoms with Crippen molar-refractivity contribution in [3.05, 3.63) is 174 Å². The first-order valence-electron chi connectivity index (χ1n) is 26.4. The van der Waals surface area contributed by atoms with Crippen LogP contribution in [0.25, 0.3) is 10.9 Å². The monoisotopic (exact) mass is 1060 g/mol. The van der Waals surface area contributed by atoms with Crippen LogP contribution in [0, 0.1) is 0 Å². The van der Waals surface area contributed by atoms with Gasteiger partial charge in [-0.25, -0.2) is 4.79 Å². The minimum atomic E-state index is -1.80. The molecule has 7 amide bonds. The molecule has 2 fully saturated rings. The molecule has 2 aliphatic heterocycles. The molecule has 8 rings (SSSR count). The molecule has 3 heterocycles. The third-order valence-corrected chi connectivity index (χ3v) is 14.0. The van der Waals surface area contributed by atoms with Gasteiger partial charge in [0.05, 0.1) is 6.54 Å². The summed E-state index contributed by atoms with van der Waals surface area (Å²) >= 11 is 0. The van der Waals surface area contributed by atoms with Crippen molar-refractivity contribution in [2.45, 2.75) is 100 Å². The highest BCUT2D eigenvalue weighted by Crippen LogP contribution is 2.28. The van der Waals surface area contributed by atoms with Gasteiger partial charge in [-0.3, -0.25) is 28.8 Å². The average Bonchev–Trinajstić information content (AvgIpc) is 4.08. The van der Waals surface area contributed by atoms with E-state index >= 15 is 24.0 Å². The van der Waals surface area contributed by atoms with Crippen molar-refractivity contribution in [2.24, 2.45) is 11.5 Å². The summed E-state index contributed by atoms with van der Waals surface area (Å²) in [4.78, 5) is 108. The fourth-order valence-electron chi connectivity index (χ4n) is 9.89. The fraction of sp³-hybridized carbons (Fsp3) is 0.339. The van der Waals surface area contributed by atoms with E-state index in [4.69, 9.17) is 20.9 Å². The minimum absolute atomic E-state index is 0.0469. The zero-order valence-corrected chi connectivity index (χ0v) is 43.6. The zero-order chi connectivity index (χ0) is 55.0. The molecule has 0 aliphatic carbocycles. The number of alkyl carbamates (subject to hydrolysis) is 1. The number of carbonyl (C=O) groups is 7. The first kappa shape index (κ1) is 55.7. The second-order valence-electron chi connectivity index (χ2n) is 19.9. The smallest absolute Gasteiger partial charge is 0.407 e. The lowest BCUT2D eigenvalue weighted by Gasteiger charge is -2.35. The van der Waals surface area contributed by atoms with E-state index in [1.165, 1.54) is 4.90 Å². The number of unbranched alkanes of at least 4 members (excludes halogenated alkanes) is 1. The maximum absolute atomic E-state index is 15.3. The van der Waals surface area contributed by atoms with Crippen molar-refractivity contribution in [1.82, 2.24) is 41.8 Å². The molecule has 6 aromatic rings.